The van der Waals surface area contributed by atoms with E-state index in [9.17, 15) is 43.7 Å². The van der Waals surface area contributed by atoms with Gasteiger partial charge in [0.1, 0.15) is 17.5 Å². The summed E-state index contributed by atoms with van der Waals surface area (Å²) in [5.74, 6) is -10.7. The third-order valence-corrected chi connectivity index (χ3v) is 8.61. The standard InChI is InChI=1S/C28H27FN2O8/c1-31(2)22-16-9-12-8-15-14(11-3-5-17(29)13(7-11)10-32)4-6-18(33)20(15)23(34)19(12)25(36)28(16,39)26(37)21(24(22)35)27(30)38/h3-7,10,12,16,19,21-22,24,33,35,39H,8-9H2,1-2H3,(H2,30,38)/t12-,16-,19?,21?,22-,24?,28-/m1/s1. The Morgan fingerprint density at radius 2 is 1.85 bits per heavy atom. The van der Waals surface area contributed by atoms with Crippen LogP contribution in [0.1, 0.15) is 32.7 Å². The molecule has 39 heavy (non-hydrogen) atoms. The van der Waals surface area contributed by atoms with Gasteiger partial charge < -0.3 is 26.0 Å². The molecule has 1 amide bonds. The number of aldehydes is 1. The van der Waals surface area contributed by atoms with Gasteiger partial charge in [-0.1, -0.05) is 12.1 Å². The van der Waals surface area contributed by atoms with E-state index >= 15 is 0 Å². The Morgan fingerprint density at radius 1 is 1.15 bits per heavy atom. The van der Waals surface area contributed by atoms with Crippen LogP contribution in [0.15, 0.2) is 30.3 Å². The van der Waals surface area contributed by atoms with Crippen molar-refractivity contribution >= 4 is 29.5 Å². The van der Waals surface area contributed by atoms with E-state index in [2.05, 4.69) is 0 Å². The van der Waals surface area contributed by atoms with Crippen LogP contribution < -0.4 is 5.73 Å². The minimum Gasteiger partial charge on any atom is -0.507 e. The Kier molecular flexibility index (Phi) is 6.28. The first-order valence-electron chi connectivity index (χ1n) is 12.4. The fourth-order valence-electron chi connectivity index (χ4n) is 6.89. The summed E-state index contributed by atoms with van der Waals surface area (Å²) in [5.41, 5.74) is 3.51. The molecule has 11 heteroatoms. The second-order valence-corrected chi connectivity index (χ2v) is 10.8. The third kappa shape index (κ3) is 3.68. The quantitative estimate of drug-likeness (QED) is 0.315. The van der Waals surface area contributed by atoms with E-state index in [0.717, 1.165) is 6.07 Å². The highest BCUT2D eigenvalue weighted by atomic mass is 19.1. The van der Waals surface area contributed by atoms with Crippen LogP contribution in [0, 0.1) is 29.5 Å². The average Bonchev–Trinajstić information content (AvgIpc) is 2.86. The lowest BCUT2D eigenvalue weighted by atomic mass is 9.52. The van der Waals surface area contributed by atoms with Gasteiger partial charge in [0.15, 0.2) is 29.2 Å². The molecule has 0 saturated heterocycles. The minimum absolute atomic E-state index is 0.0344. The van der Waals surface area contributed by atoms with E-state index in [-0.39, 0.29) is 24.0 Å². The molecule has 10 nitrogen and oxygen atoms in total. The normalized spacial score (nSPS) is 31.9. The van der Waals surface area contributed by atoms with Crippen molar-refractivity contribution < 1.29 is 43.7 Å². The maximum absolute atomic E-state index is 14.0. The largest absolute Gasteiger partial charge is 0.507 e. The van der Waals surface area contributed by atoms with Crippen LogP contribution in [-0.4, -0.2) is 81.6 Å². The third-order valence-electron chi connectivity index (χ3n) is 8.61. The van der Waals surface area contributed by atoms with Crippen LogP contribution in [0.25, 0.3) is 11.1 Å². The number of aliphatic hydroxyl groups excluding tert-OH is 1. The van der Waals surface area contributed by atoms with Gasteiger partial charge in [-0.15, -0.1) is 0 Å². The molecule has 2 saturated carbocycles. The predicted octanol–water partition coefficient (Wildman–Crippen LogP) is 0.277. The fraction of sp³-hybridized carbons (Fsp3) is 0.393. The van der Waals surface area contributed by atoms with Gasteiger partial charge in [0, 0.05) is 12.0 Å². The van der Waals surface area contributed by atoms with Gasteiger partial charge >= 0.3 is 0 Å². The second kappa shape index (κ2) is 9.15. The summed E-state index contributed by atoms with van der Waals surface area (Å²) in [6, 6.07) is 5.62. The highest BCUT2D eigenvalue weighted by Gasteiger charge is 2.69. The van der Waals surface area contributed by atoms with E-state index in [1.807, 2.05) is 0 Å². The predicted molar refractivity (Wildman–Crippen MR) is 133 cm³/mol. The lowest BCUT2D eigenvalue weighted by molar-refractivity contribution is -0.190. The molecule has 3 aliphatic carbocycles. The lowest BCUT2D eigenvalue weighted by Crippen LogP contribution is -2.75. The number of phenols is 1. The highest BCUT2D eigenvalue weighted by molar-refractivity contribution is 6.25. The number of ketones is 3. The molecule has 0 aromatic heterocycles. The first-order chi connectivity index (χ1) is 18.3. The molecule has 7 atom stereocenters. The van der Waals surface area contributed by atoms with Gasteiger partial charge in [-0.25, -0.2) is 4.39 Å². The van der Waals surface area contributed by atoms with Gasteiger partial charge in [-0.3, -0.25) is 24.0 Å². The average molecular weight is 539 g/mol. The number of benzene rings is 2. The Bertz CT molecular complexity index is 1460. The maximum Gasteiger partial charge on any atom is 0.230 e. The highest BCUT2D eigenvalue weighted by Crippen LogP contribution is 2.52. The maximum atomic E-state index is 14.0. The van der Waals surface area contributed by atoms with E-state index in [1.54, 1.807) is 14.1 Å². The molecule has 0 bridgehead atoms. The number of nitrogens with two attached hydrogens (primary N) is 1. The first-order valence-corrected chi connectivity index (χ1v) is 12.4. The van der Waals surface area contributed by atoms with Crippen LogP contribution in [0.2, 0.25) is 0 Å². The first kappa shape index (κ1) is 26.8. The second-order valence-electron chi connectivity index (χ2n) is 10.8. The Labute approximate surface area is 222 Å². The molecule has 0 aliphatic heterocycles. The molecular formula is C28H27FN2O8. The number of hydrogen-bond donors (Lipinski definition) is 4. The number of nitrogens with zero attached hydrogens (tertiary/aromatic N) is 1. The van der Waals surface area contributed by atoms with Gasteiger partial charge in [0.05, 0.1) is 23.1 Å². The Balaban J connectivity index is 1.66. The van der Waals surface area contributed by atoms with Crippen LogP contribution in [0.4, 0.5) is 4.39 Å². The number of aliphatic hydroxyl groups is 2. The number of amides is 1. The number of rotatable bonds is 4. The number of primary amides is 1. The number of hydrogen-bond acceptors (Lipinski definition) is 9. The molecule has 204 valence electrons. The van der Waals surface area contributed by atoms with Gasteiger partial charge in [0.2, 0.25) is 5.91 Å². The zero-order valence-corrected chi connectivity index (χ0v) is 21.1. The molecule has 2 fully saturated rings. The van der Waals surface area contributed by atoms with Gasteiger partial charge in [0.25, 0.3) is 0 Å². The summed E-state index contributed by atoms with van der Waals surface area (Å²) >= 11 is 0. The zero-order valence-electron chi connectivity index (χ0n) is 21.1. The molecule has 5 N–H and O–H groups in total. The van der Waals surface area contributed by atoms with Crippen LogP contribution in [-0.2, 0) is 20.8 Å². The van der Waals surface area contributed by atoms with Crippen molar-refractivity contribution in [2.45, 2.75) is 30.6 Å². The summed E-state index contributed by atoms with van der Waals surface area (Å²) in [7, 11) is 3.13. The summed E-state index contributed by atoms with van der Waals surface area (Å²) in [6.07, 6.45) is -1.19. The summed E-state index contributed by atoms with van der Waals surface area (Å²) in [6.45, 7) is 0. The molecule has 3 unspecified atom stereocenters. The fourth-order valence-corrected chi connectivity index (χ4v) is 6.89. The number of aromatic hydroxyl groups is 1. The zero-order chi connectivity index (χ0) is 28.5. The van der Waals surface area contributed by atoms with Crippen molar-refractivity contribution in [3.63, 3.8) is 0 Å². The van der Waals surface area contributed by atoms with Crippen LogP contribution in [0.3, 0.4) is 0 Å². The number of fused-ring (bicyclic) bond motifs is 3. The minimum atomic E-state index is -2.74. The Morgan fingerprint density at radius 3 is 2.46 bits per heavy atom. The monoisotopic (exact) mass is 538 g/mol. The van der Waals surface area contributed by atoms with E-state index in [0.29, 0.717) is 23.0 Å². The smallest absolute Gasteiger partial charge is 0.230 e. The number of halogens is 1. The summed E-state index contributed by atoms with van der Waals surface area (Å²) in [5, 5.41) is 33.2. The molecular weight excluding hydrogens is 511 g/mol. The SMILES string of the molecule is CN(C)[C@H]1C(O)C(C(N)=O)C(=O)[C@]2(O)C(=O)C3C(=O)c4c(O)ccc(-c5ccc(F)c(C=O)c5)c4C[C@@H]3C[C@H]12. The number of Topliss-reactive ketones (excluding diaryl/α,β-unsaturated/α-hetero) is 3. The topological polar surface area (TPSA) is 175 Å². The van der Waals surface area contributed by atoms with Crippen molar-refractivity contribution in [3.05, 3.63) is 52.8 Å². The molecule has 0 radical (unpaired) electrons. The van der Waals surface area contributed by atoms with E-state index in [1.165, 1.54) is 29.2 Å². The molecule has 2 aromatic rings. The molecule has 2 aromatic carbocycles. The van der Waals surface area contributed by atoms with Crippen LogP contribution >= 0.6 is 0 Å². The molecule has 5 rings (SSSR count). The molecule has 3 aliphatic rings. The van der Waals surface area contributed by atoms with Crippen molar-refractivity contribution in [1.82, 2.24) is 4.90 Å². The van der Waals surface area contributed by atoms with Crippen molar-refractivity contribution in [2.24, 2.45) is 29.4 Å². The molecule has 0 heterocycles. The van der Waals surface area contributed by atoms with Gasteiger partial charge in [-0.05, 0) is 67.7 Å². The Hall–Kier alpha value is -3.80. The van der Waals surface area contributed by atoms with Crippen molar-refractivity contribution in [3.8, 4) is 16.9 Å². The number of carbonyl (C=O) groups is 5. The summed E-state index contributed by atoms with van der Waals surface area (Å²) < 4.78 is 14.0. The van der Waals surface area contributed by atoms with Gasteiger partial charge in [-0.2, -0.15) is 0 Å². The van der Waals surface area contributed by atoms with Crippen LogP contribution in [0.5, 0.6) is 5.75 Å². The number of carbonyl (C=O) groups excluding carboxylic acids is 5. The number of likely N-dealkylation sites (N-methyl/N-ethyl adjacent to an activating group) is 1. The van der Waals surface area contributed by atoms with Crippen molar-refractivity contribution in [2.75, 3.05) is 14.1 Å². The van der Waals surface area contributed by atoms with E-state index < -0.39 is 76.2 Å². The van der Waals surface area contributed by atoms with E-state index in [4.69, 9.17) is 5.73 Å². The lowest BCUT2D eigenvalue weighted by Gasteiger charge is -2.54. The van der Waals surface area contributed by atoms with Crippen molar-refractivity contribution in [1.29, 1.82) is 0 Å². The number of phenolic OH excluding ortho intramolecular Hbond substituents is 1. The molecule has 0 spiro atoms. The summed E-state index contributed by atoms with van der Waals surface area (Å²) in [4.78, 5) is 66.0.